The van der Waals surface area contributed by atoms with Gasteiger partial charge < -0.3 is 15.5 Å². The van der Waals surface area contributed by atoms with Gasteiger partial charge in [0.1, 0.15) is 0 Å². The van der Waals surface area contributed by atoms with Crippen LogP contribution in [0.3, 0.4) is 0 Å². The van der Waals surface area contributed by atoms with Gasteiger partial charge in [0.2, 0.25) is 11.9 Å². The normalized spacial score (nSPS) is 15.8. The summed E-state index contributed by atoms with van der Waals surface area (Å²) in [5.41, 5.74) is 3.27. The number of nitrogens with one attached hydrogen (secondary N) is 2. The van der Waals surface area contributed by atoms with Gasteiger partial charge in [0, 0.05) is 42.0 Å². The van der Waals surface area contributed by atoms with E-state index in [1.54, 1.807) is 24.3 Å². The molecule has 0 saturated carbocycles. The summed E-state index contributed by atoms with van der Waals surface area (Å²) in [6.45, 7) is 6.71. The van der Waals surface area contributed by atoms with Gasteiger partial charge in [-0.3, -0.25) is 9.59 Å². The van der Waals surface area contributed by atoms with Crippen LogP contribution in [0.25, 0.3) is 10.9 Å². The molecule has 0 radical (unpaired) electrons. The molecule has 1 fully saturated rings. The Hall–Kier alpha value is -3.74. The summed E-state index contributed by atoms with van der Waals surface area (Å²) in [5.74, 6) is 0.263. The van der Waals surface area contributed by atoms with Gasteiger partial charge in [-0.25, -0.2) is 9.97 Å². The minimum absolute atomic E-state index is 0.0315. The van der Waals surface area contributed by atoms with E-state index in [0.29, 0.717) is 30.3 Å². The van der Waals surface area contributed by atoms with Crippen molar-refractivity contribution >= 4 is 34.4 Å². The van der Waals surface area contributed by atoms with Crippen LogP contribution in [0.5, 0.6) is 0 Å². The van der Waals surface area contributed by atoms with Crippen LogP contribution in [0, 0.1) is 6.92 Å². The number of anilines is 2. The number of rotatable bonds is 5. The van der Waals surface area contributed by atoms with Crippen molar-refractivity contribution in [1.29, 1.82) is 0 Å². The van der Waals surface area contributed by atoms with Crippen molar-refractivity contribution in [3.05, 3.63) is 72.4 Å². The van der Waals surface area contributed by atoms with Crippen molar-refractivity contribution in [2.24, 2.45) is 0 Å². The van der Waals surface area contributed by atoms with Crippen LogP contribution < -0.4 is 10.6 Å². The first-order valence-electron chi connectivity index (χ1n) is 9.84. The van der Waals surface area contributed by atoms with Crippen LogP contribution in [0.15, 0.2) is 61.3 Å². The molecule has 1 aliphatic heterocycles. The molecule has 0 bridgehead atoms. The molecule has 2 heterocycles. The van der Waals surface area contributed by atoms with Crippen LogP contribution in [0.2, 0.25) is 0 Å². The lowest BCUT2D eigenvalue weighted by atomic mass is 10.2. The molecule has 3 aromatic rings. The van der Waals surface area contributed by atoms with Gasteiger partial charge in [0.05, 0.1) is 5.52 Å². The summed E-state index contributed by atoms with van der Waals surface area (Å²) in [6, 6.07) is 13.1. The first kappa shape index (κ1) is 19.6. The Balaban J connectivity index is 1.38. The van der Waals surface area contributed by atoms with Gasteiger partial charge in [0.25, 0.3) is 5.91 Å². The lowest BCUT2D eigenvalue weighted by molar-refractivity contribution is -0.111. The smallest absolute Gasteiger partial charge is 0.253 e. The quantitative estimate of drug-likeness (QED) is 0.640. The third kappa shape index (κ3) is 4.30. The Morgan fingerprint density at radius 3 is 2.77 bits per heavy atom. The molecule has 1 unspecified atom stereocenters. The second-order valence-electron chi connectivity index (χ2n) is 7.41. The fourth-order valence-electron chi connectivity index (χ4n) is 3.52. The maximum atomic E-state index is 12.8. The predicted molar refractivity (Wildman–Crippen MR) is 117 cm³/mol. The van der Waals surface area contributed by atoms with Crippen LogP contribution in [-0.4, -0.2) is 45.8 Å². The molecule has 30 heavy (non-hydrogen) atoms. The molecule has 152 valence electrons. The minimum Gasteiger partial charge on any atom is -0.350 e. The van der Waals surface area contributed by atoms with Crippen LogP contribution in [-0.2, 0) is 4.79 Å². The van der Waals surface area contributed by atoms with E-state index < -0.39 is 0 Å². The van der Waals surface area contributed by atoms with Crippen LogP contribution in [0.1, 0.15) is 22.3 Å². The van der Waals surface area contributed by atoms with Crippen molar-refractivity contribution in [3.63, 3.8) is 0 Å². The highest BCUT2D eigenvalue weighted by Gasteiger charge is 2.27. The third-order valence-corrected chi connectivity index (χ3v) is 5.13. The maximum absolute atomic E-state index is 12.8. The van der Waals surface area contributed by atoms with Crippen molar-refractivity contribution in [3.8, 4) is 0 Å². The second kappa shape index (κ2) is 8.32. The van der Waals surface area contributed by atoms with Crippen LogP contribution >= 0.6 is 0 Å². The van der Waals surface area contributed by atoms with Gasteiger partial charge in [-0.05, 0) is 55.3 Å². The molecular formula is C23H23N5O2. The maximum Gasteiger partial charge on any atom is 0.253 e. The molecule has 2 amide bonds. The Bertz CT molecular complexity index is 1110. The summed E-state index contributed by atoms with van der Waals surface area (Å²) < 4.78 is 0. The molecule has 2 N–H and O–H groups in total. The van der Waals surface area contributed by atoms with Crippen molar-refractivity contribution in [2.75, 3.05) is 23.7 Å². The van der Waals surface area contributed by atoms with E-state index in [9.17, 15) is 9.59 Å². The Morgan fingerprint density at radius 1 is 1.20 bits per heavy atom. The lowest BCUT2D eigenvalue weighted by Gasteiger charge is -2.17. The van der Waals surface area contributed by atoms with E-state index in [1.807, 2.05) is 36.2 Å². The zero-order valence-electron chi connectivity index (χ0n) is 16.8. The van der Waals surface area contributed by atoms with E-state index in [1.165, 1.54) is 6.08 Å². The Labute approximate surface area is 174 Å². The Kier molecular flexibility index (Phi) is 5.43. The Morgan fingerprint density at radius 2 is 2.00 bits per heavy atom. The molecule has 7 heteroatoms. The summed E-state index contributed by atoms with van der Waals surface area (Å²) in [4.78, 5) is 35.0. The molecular weight excluding hydrogens is 378 g/mol. The van der Waals surface area contributed by atoms with E-state index in [-0.39, 0.29) is 17.9 Å². The van der Waals surface area contributed by atoms with Gasteiger partial charge in [-0.15, -0.1) is 0 Å². The molecule has 2 aromatic carbocycles. The van der Waals surface area contributed by atoms with Gasteiger partial charge in [-0.2, -0.15) is 0 Å². The number of carbonyl (C=O) groups is 2. The number of fused-ring (bicyclic) bond motifs is 1. The first-order chi connectivity index (χ1) is 14.5. The number of aryl methyl sites for hydroxylation is 1. The van der Waals surface area contributed by atoms with Crippen molar-refractivity contribution in [1.82, 2.24) is 14.9 Å². The summed E-state index contributed by atoms with van der Waals surface area (Å²) in [5, 5.41) is 7.03. The van der Waals surface area contributed by atoms with Gasteiger partial charge in [-0.1, -0.05) is 18.7 Å². The summed E-state index contributed by atoms with van der Waals surface area (Å²) in [6.07, 6.45) is 3.85. The highest BCUT2D eigenvalue weighted by Crippen LogP contribution is 2.19. The molecule has 0 spiro atoms. The number of benzene rings is 2. The molecule has 4 rings (SSSR count). The molecule has 7 nitrogen and oxygen atoms in total. The highest BCUT2D eigenvalue weighted by atomic mass is 16.2. The SMILES string of the molecule is C=CC(=O)Nc1ccc(C(=O)N2CCC(Nc3ncc4ccc(C)cc4n3)C2)cc1. The monoisotopic (exact) mass is 401 g/mol. The third-order valence-electron chi connectivity index (χ3n) is 5.13. The van der Waals surface area contributed by atoms with E-state index in [4.69, 9.17) is 0 Å². The first-order valence-corrected chi connectivity index (χ1v) is 9.84. The van der Waals surface area contributed by atoms with Gasteiger partial charge in [0.15, 0.2) is 0 Å². The molecule has 1 aromatic heterocycles. The highest BCUT2D eigenvalue weighted by molar-refractivity contribution is 5.99. The number of carbonyl (C=O) groups excluding carboxylic acids is 2. The molecule has 1 saturated heterocycles. The average Bonchev–Trinajstić information content (AvgIpc) is 3.22. The predicted octanol–water partition coefficient (Wildman–Crippen LogP) is 3.39. The molecule has 1 atom stereocenters. The fourth-order valence-corrected chi connectivity index (χ4v) is 3.52. The number of likely N-dealkylation sites (tertiary alicyclic amines) is 1. The standard InChI is InChI=1S/C23H23N5O2/c1-3-21(29)25-18-8-6-16(7-9-18)22(30)28-11-10-19(14-28)26-23-24-13-17-5-4-15(2)12-20(17)27-23/h3-9,12-13,19H,1,10-11,14H2,2H3,(H,25,29)(H,24,26,27). The lowest BCUT2D eigenvalue weighted by Crippen LogP contribution is -2.31. The zero-order chi connectivity index (χ0) is 21.1. The second-order valence-corrected chi connectivity index (χ2v) is 7.41. The van der Waals surface area contributed by atoms with E-state index >= 15 is 0 Å². The minimum atomic E-state index is -0.284. The molecule has 0 aliphatic carbocycles. The van der Waals surface area contributed by atoms with Crippen molar-refractivity contribution in [2.45, 2.75) is 19.4 Å². The summed E-state index contributed by atoms with van der Waals surface area (Å²) in [7, 11) is 0. The van der Waals surface area contributed by atoms with E-state index in [0.717, 1.165) is 22.9 Å². The van der Waals surface area contributed by atoms with Crippen LogP contribution in [0.4, 0.5) is 11.6 Å². The largest absolute Gasteiger partial charge is 0.350 e. The summed E-state index contributed by atoms with van der Waals surface area (Å²) >= 11 is 0. The van der Waals surface area contributed by atoms with Gasteiger partial charge >= 0.3 is 0 Å². The zero-order valence-corrected chi connectivity index (χ0v) is 16.8. The van der Waals surface area contributed by atoms with Crippen molar-refractivity contribution < 1.29 is 9.59 Å². The number of aromatic nitrogens is 2. The molecule has 1 aliphatic rings. The topological polar surface area (TPSA) is 87.2 Å². The van der Waals surface area contributed by atoms with E-state index in [2.05, 4.69) is 27.2 Å². The number of hydrogen-bond donors (Lipinski definition) is 2. The number of hydrogen-bond acceptors (Lipinski definition) is 5. The number of nitrogens with zero attached hydrogens (tertiary/aromatic N) is 3. The number of amides is 2. The average molecular weight is 401 g/mol. The fraction of sp³-hybridized carbons (Fsp3) is 0.217.